The van der Waals surface area contributed by atoms with Crippen LogP contribution >= 0.6 is 11.3 Å². The predicted molar refractivity (Wildman–Crippen MR) is 143 cm³/mol. The van der Waals surface area contributed by atoms with Crippen molar-refractivity contribution in [3.8, 4) is 11.3 Å². The predicted octanol–water partition coefficient (Wildman–Crippen LogP) is 3.59. The summed E-state index contributed by atoms with van der Waals surface area (Å²) < 4.78 is 31.2. The maximum atomic E-state index is 13.4. The molecular formula is C27H33FN4O4S. The number of carbonyl (C=O) groups is 1. The van der Waals surface area contributed by atoms with Gasteiger partial charge >= 0.3 is 0 Å². The SMILES string of the molecule is COCCOCC(=O)NCCCn1c(-c2ccc(N3CCOCC3)cc2)cs/c1=N\c1ccc(F)cc1. The number of halogens is 1. The fourth-order valence-corrected chi connectivity index (χ4v) is 4.93. The molecule has 4 rings (SSSR count). The number of morpholine rings is 1. The molecule has 2 heterocycles. The van der Waals surface area contributed by atoms with Gasteiger partial charge in [-0.15, -0.1) is 11.3 Å². The van der Waals surface area contributed by atoms with E-state index < -0.39 is 0 Å². The molecule has 0 unspecified atom stereocenters. The fraction of sp³-hybridized carbons (Fsp3) is 0.407. The number of anilines is 1. The van der Waals surface area contributed by atoms with Crippen LogP contribution in [-0.2, 0) is 25.5 Å². The molecule has 0 radical (unpaired) electrons. The number of benzene rings is 2. The third kappa shape index (κ3) is 7.96. The van der Waals surface area contributed by atoms with Gasteiger partial charge < -0.3 is 29.0 Å². The van der Waals surface area contributed by atoms with Gasteiger partial charge in [0, 0.05) is 44.4 Å². The molecule has 37 heavy (non-hydrogen) atoms. The van der Waals surface area contributed by atoms with E-state index in [9.17, 15) is 9.18 Å². The van der Waals surface area contributed by atoms with E-state index in [1.807, 2.05) is 0 Å². The molecule has 0 bridgehead atoms. The molecule has 1 aliphatic heterocycles. The minimum atomic E-state index is -0.291. The minimum absolute atomic E-state index is 0.0147. The number of hydrogen-bond donors (Lipinski definition) is 1. The van der Waals surface area contributed by atoms with Gasteiger partial charge in [-0.1, -0.05) is 12.1 Å². The van der Waals surface area contributed by atoms with Crippen molar-refractivity contribution < 1.29 is 23.4 Å². The van der Waals surface area contributed by atoms with Crippen LogP contribution in [0.15, 0.2) is 58.9 Å². The lowest BCUT2D eigenvalue weighted by Crippen LogP contribution is -2.36. The number of hydrogen-bond acceptors (Lipinski definition) is 7. The van der Waals surface area contributed by atoms with E-state index in [0.29, 0.717) is 32.0 Å². The lowest BCUT2D eigenvalue weighted by Gasteiger charge is -2.28. The van der Waals surface area contributed by atoms with E-state index in [0.717, 1.165) is 48.8 Å². The number of nitrogens with one attached hydrogen (secondary N) is 1. The third-order valence-corrected chi connectivity index (χ3v) is 6.80. The maximum absolute atomic E-state index is 13.4. The zero-order chi connectivity index (χ0) is 25.9. The number of aromatic nitrogens is 1. The summed E-state index contributed by atoms with van der Waals surface area (Å²) in [7, 11) is 1.59. The van der Waals surface area contributed by atoms with Gasteiger partial charge in [0.1, 0.15) is 12.4 Å². The van der Waals surface area contributed by atoms with Crippen molar-refractivity contribution >= 4 is 28.6 Å². The molecule has 1 amide bonds. The molecule has 8 nitrogen and oxygen atoms in total. The Balaban J connectivity index is 1.48. The van der Waals surface area contributed by atoms with Gasteiger partial charge in [0.15, 0.2) is 4.80 Å². The van der Waals surface area contributed by atoms with Gasteiger partial charge in [0.2, 0.25) is 5.91 Å². The molecule has 1 N–H and O–H groups in total. The van der Waals surface area contributed by atoms with Gasteiger partial charge in [0.25, 0.3) is 0 Å². The van der Waals surface area contributed by atoms with Gasteiger partial charge in [-0.3, -0.25) is 4.79 Å². The van der Waals surface area contributed by atoms with Crippen LogP contribution in [-0.4, -0.2) is 70.3 Å². The molecule has 1 aliphatic rings. The van der Waals surface area contributed by atoms with Crippen molar-refractivity contribution in [3.05, 3.63) is 64.5 Å². The highest BCUT2D eigenvalue weighted by Gasteiger charge is 2.13. The van der Waals surface area contributed by atoms with Crippen LogP contribution in [0.25, 0.3) is 11.3 Å². The molecule has 198 valence electrons. The molecule has 0 aliphatic carbocycles. The van der Waals surface area contributed by atoms with Crippen molar-refractivity contribution in [1.82, 2.24) is 9.88 Å². The Kier molecular flexibility index (Phi) is 10.2. The van der Waals surface area contributed by atoms with Crippen LogP contribution in [0, 0.1) is 5.82 Å². The summed E-state index contributed by atoms with van der Waals surface area (Å²) in [5, 5.41) is 4.99. The topological polar surface area (TPSA) is 77.3 Å². The molecule has 3 aromatic rings. The van der Waals surface area contributed by atoms with Crippen molar-refractivity contribution in [2.45, 2.75) is 13.0 Å². The second kappa shape index (κ2) is 14.0. The van der Waals surface area contributed by atoms with Crippen molar-refractivity contribution in [3.63, 3.8) is 0 Å². The van der Waals surface area contributed by atoms with E-state index in [1.54, 1.807) is 19.2 Å². The number of thiazole rings is 1. The van der Waals surface area contributed by atoms with E-state index in [-0.39, 0.29) is 18.3 Å². The molecular weight excluding hydrogens is 495 g/mol. The van der Waals surface area contributed by atoms with Gasteiger partial charge in [-0.05, 0) is 48.4 Å². The van der Waals surface area contributed by atoms with Crippen LogP contribution in [0.3, 0.4) is 0 Å². The first-order chi connectivity index (χ1) is 18.1. The van der Waals surface area contributed by atoms with Crippen LogP contribution in [0.5, 0.6) is 0 Å². The highest BCUT2D eigenvalue weighted by Crippen LogP contribution is 2.25. The van der Waals surface area contributed by atoms with E-state index in [4.69, 9.17) is 19.2 Å². The molecule has 10 heteroatoms. The summed E-state index contributed by atoms with van der Waals surface area (Å²) in [5.41, 5.74) is 4.01. The summed E-state index contributed by atoms with van der Waals surface area (Å²) in [5.74, 6) is -0.442. The number of ether oxygens (including phenoxy) is 3. The molecule has 0 saturated carbocycles. The first kappa shape index (κ1) is 27.0. The molecule has 0 spiro atoms. The highest BCUT2D eigenvalue weighted by molar-refractivity contribution is 7.07. The standard InChI is InChI=1S/C27H33FN4O4S/c1-34-17-18-36-19-26(33)29-11-2-12-32-25(20-37-27(32)30-23-7-5-22(28)6-8-23)21-3-9-24(10-4-21)31-13-15-35-16-14-31/h3-10,20H,2,11-19H2,1H3,(H,29,33)/b30-27-. The largest absolute Gasteiger partial charge is 0.382 e. The Morgan fingerprint density at radius 3 is 2.59 bits per heavy atom. The summed E-state index contributed by atoms with van der Waals surface area (Å²) in [4.78, 5) is 19.9. The maximum Gasteiger partial charge on any atom is 0.246 e. The number of nitrogens with zero attached hydrogens (tertiary/aromatic N) is 3. The van der Waals surface area contributed by atoms with E-state index in [2.05, 4.69) is 44.4 Å². The summed E-state index contributed by atoms with van der Waals surface area (Å²) in [6.07, 6.45) is 0.718. The first-order valence-electron chi connectivity index (χ1n) is 12.4. The van der Waals surface area contributed by atoms with Crippen LogP contribution < -0.4 is 15.0 Å². The number of rotatable bonds is 12. The average Bonchev–Trinajstić information content (AvgIpc) is 3.33. The molecule has 0 atom stereocenters. The van der Waals surface area contributed by atoms with Gasteiger partial charge in [-0.2, -0.15) is 0 Å². The Morgan fingerprint density at radius 2 is 1.86 bits per heavy atom. The molecule has 1 fully saturated rings. The van der Waals surface area contributed by atoms with Gasteiger partial charge in [-0.25, -0.2) is 9.38 Å². The van der Waals surface area contributed by atoms with Gasteiger partial charge in [0.05, 0.1) is 37.8 Å². The van der Waals surface area contributed by atoms with Crippen molar-refractivity contribution in [2.24, 2.45) is 4.99 Å². The van der Waals surface area contributed by atoms with Crippen LogP contribution in [0.2, 0.25) is 0 Å². The summed E-state index contributed by atoms with van der Waals surface area (Å²) >= 11 is 1.54. The van der Waals surface area contributed by atoms with Crippen molar-refractivity contribution in [2.75, 3.05) is 64.7 Å². The fourth-order valence-electron chi connectivity index (χ4n) is 3.98. The highest BCUT2D eigenvalue weighted by atomic mass is 32.1. The average molecular weight is 529 g/mol. The normalized spacial score (nSPS) is 14.2. The lowest BCUT2D eigenvalue weighted by molar-refractivity contribution is -0.126. The van der Waals surface area contributed by atoms with E-state index >= 15 is 0 Å². The lowest BCUT2D eigenvalue weighted by atomic mass is 10.1. The smallest absolute Gasteiger partial charge is 0.246 e. The van der Waals surface area contributed by atoms with E-state index in [1.165, 1.54) is 29.2 Å². The second-order valence-corrected chi connectivity index (χ2v) is 9.38. The molecule has 1 aromatic heterocycles. The Bertz CT molecular complexity index is 1190. The number of methoxy groups -OCH3 is 1. The quantitative estimate of drug-likeness (QED) is 0.364. The minimum Gasteiger partial charge on any atom is -0.382 e. The third-order valence-electron chi connectivity index (χ3n) is 5.93. The Labute approximate surface area is 220 Å². The summed E-state index contributed by atoms with van der Waals surface area (Å²) in [6.45, 7) is 5.31. The summed E-state index contributed by atoms with van der Waals surface area (Å²) in [6, 6.07) is 14.7. The monoisotopic (exact) mass is 528 g/mol. The Hall–Kier alpha value is -3.05. The van der Waals surface area contributed by atoms with Crippen molar-refractivity contribution in [1.29, 1.82) is 0 Å². The molecule has 1 saturated heterocycles. The number of amides is 1. The first-order valence-corrected chi connectivity index (χ1v) is 13.3. The number of carbonyl (C=O) groups excluding carboxylic acids is 1. The van der Waals surface area contributed by atoms with Crippen LogP contribution in [0.4, 0.5) is 15.8 Å². The van der Waals surface area contributed by atoms with Crippen LogP contribution in [0.1, 0.15) is 6.42 Å². The zero-order valence-electron chi connectivity index (χ0n) is 21.0. The second-order valence-electron chi connectivity index (χ2n) is 8.54. The Morgan fingerprint density at radius 1 is 1.11 bits per heavy atom. The zero-order valence-corrected chi connectivity index (χ0v) is 21.8. The molecule has 2 aromatic carbocycles.